The lowest BCUT2D eigenvalue weighted by Crippen LogP contribution is -2.25. The largest absolute Gasteiger partial charge is 0.494 e. The lowest BCUT2D eigenvalue weighted by atomic mass is 10.1. The summed E-state index contributed by atoms with van der Waals surface area (Å²) in [5, 5.41) is 8.42. The van der Waals surface area contributed by atoms with Gasteiger partial charge in [-0.05, 0) is 63.1 Å². The Balaban J connectivity index is 1.93. The van der Waals surface area contributed by atoms with Crippen LogP contribution in [-0.2, 0) is 11.3 Å². The fourth-order valence-electron chi connectivity index (χ4n) is 2.23. The van der Waals surface area contributed by atoms with Crippen LogP contribution >= 0.6 is 0 Å². The van der Waals surface area contributed by atoms with Gasteiger partial charge in [0.1, 0.15) is 12.3 Å². The number of hydrogen-bond acceptors (Lipinski definition) is 4. The number of rotatable bonds is 7. The third kappa shape index (κ3) is 4.94. The molecule has 0 aliphatic carbocycles. The first-order valence-corrected chi connectivity index (χ1v) is 8.07. The molecule has 0 aliphatic heterocycles. The highest BCUT2D eigenvalue weighted by Crippen LogP contribution is 2.13. The Morgan fingerprint density at radius 3 is 2.58 bits per heavy atom. The zero-order valence-electron chi connectivity index (χ0n) is 14.7. The Morgan fingerprint density at radius 1 is 1.29 bits per heavy atom. The summed E-state index contributed by atoms with van der Waals surface area (Å²) in [7, 11) is 0. The SMILES string of the molecule is CCCOc1ccc(/C(C)=N\NC(=O)Cn2nc(C)cc2C)cc1. The summed E-state index contributed by atoms with van der Waals surface area (Å²) in [6, 6.07) is 9.60. The Labute approximate surface area is 142 Å². The predicted octanol–water partition coefficient (Wildman–Crippen LogP) is 2.83. The van der Waals surface area contributed by atoms with Crippen LogP contribution in [0.2, 0.25) is 0 Å². The third-order valence-electron chi connectivity index (χ3n) is 3.49. The minimum absolute atomic E-state index is 0.153. The highest BCUT2D eigenvalue weighted by atomic mass is 16.5. The van der Waals surface area contributed by atoms with Gasteiger partial charge in [0.05, 0.1) is 18.0 Å². The van der Waals surface area contributed by atoms with E-state index in [1.807, 2.05) is 51.1 Å². The highest BCUT2D eigenvalue weighted by Gasteiger charge is 2.07. The van der Waals surface area contributed by atoms with Crippen molar-refractivity contribution in [2.75, 3.05) is 6.61 Å². The Kier molecular flexibility index (Phi) is 6.12. The average molecular weight is 328 g/mol. The quantitative estimate of drug-likeness (QED) is 0.628. The average Bonchev–Trinajstić information content (AvgIpc) is 2.88. The molecule has 1 N–H and O–H groups in total. The molecule has 0 unspecified atom stereocenters. The smallest absolute Gasteiger partial charge is 0.261 e. The van der Waals surface area contributed by atoms with Crippen LogP contribution in [0.3, 0.4) is 0 Å². The molecule has 0 bridgehead atoms. The number of aryl methyl sites for hydroxylation is 2. The second kappa shape index (κ2) is 8.29. The lowest BCUT2D eigenvalue weighted by molar-refractivity contribution is -0.121. The van der Waals surface area contributed by atoms with Gasteiger partial charge in [-0.1, -0.05) is 6.92 Å². The van der Waals surface area contributed by atoms with Gasteiger partial charge in [-0.3, -0.25) is 9.48 Å². The van der Waals surface area contributed by atoms with Crippen LogP contribution in [0.4, 0.5) is 0 Å². The molecule has 0 spiro atoms. The zero-order chi connectivity index (χ0) is 17.5. The van der Waals surface area contributed by atoms with Crippen molar-refractivity contribution in [1.29, 1.82) is 0 Å². The van der Waals surface area contributed by atoms with Crippen molar-refractivity contribution in [2.45, 2.75) is 40.7 Å². The van der Waals surface area contributed by atoms with Gasteiger partial charge in [0, 0.05) is 5.69 Å². The number of amides is 1. The molecule has 1 heterocycles. The molecule has 6 heteroatoms. The number of nitrogens with zero attached hydrogens (tertiary/aromatic N) is 3. The summed E-state index contributed by atoms with van der Waals surface area (Å²) in [5.74, 6) is 0.630. The highest BCUT2D eigenvalue weighted by molar-refractivity contribution is 5.99. The van der Waals surface area contributed by atoms with Crippen LogP contribution in [0.15, 0.2) is 35.4 Å². The molecule has 0 fully saturated rings. The van der Waals surface area contributed by atoms with E-state index >= 15 is 0 Å². The molecule has 128 valence electrons. The molecule has 2 rings (SSSR count). The molecule has 2 aromatic rings. The molecule has 6 nitrogen and oxygen atoms in total. The first-order chi connectivity index (χ1) is 11.5. The Morgan fingerprint density at radius 2 is 2.00 bits per heavy atom. The monoisotopic (exact) mass is 328 g/mol. The molecule has 1 aromatic carbocycles. The van der Waals surface area contributed by atoms with Gasteiger partial charge in [-0.2, -0.15) is 10.2 Å². The molecule has 1 aromatic heterocycles. The van der Waals surface area contributed by atoms with Gasteiger partial charge < -0.3 is 4.74 Å². The molecule has 0 aliphatic rings. The van der Waals surface area contributed by atoms with Crippen LogP contribution < -0.4 is 10.2 Å². The summed E-state index contributed by atoms with van der Waals surface area (Å²) >= 11 is 0. The van der Waals surface area contributed by atoms with Gasteiger partial charge >= 0.3 is 0 Å². The first kappa shape index (κ1) is 17.7. The van der Waals surface area contributed by atoms with Crippen LogP contribution in [-0.4, -0.2) is 28.0 Å². The third-order valence-corrected chi connectivity index (χ3v) is 3.49. The normalized spacial score (nSPS) is 11.4. The summed E-state index contributed by atoms with van der Waals surface area (Å²) in [6.07, 6.45) is 0.976. The fourth-order valence-corrected chi connectivity index (χ4v) is 2.23. The predicted molar refractivity (Wildman–Crippen MR) is 94.3 cm³/mol. The minimum atomic E-state index is -0.205. The fraction of sp³-hybridized carbons (Fsp3) is 0.389. The standard InChI is InChI=1S/C18H24N4O2/c1-5-10-24-17-8-6-16(7-9-17)15(4)19-20-18(23)12-22-14(3)11-13(2)21-22/h6-9,11H,5,10,12H2,1-4H3,(H,20,23)/b19-15-. The molecule has 0 radical (unpaired) electrons. The van der Waals surface area contributed by atoms with E-state index in [1.165, 1.54) is 0 Å². The van der Waals surface area contributed by atoms with Gasteiger partial charge in [-0.25, -0.2) is 5.43 Å². The minimum Gasteiger partial charge on any atom is -0.494 e. The van der Waals surface area contributed by atoms with Gasteiger partial charge in [0.25, 0.3) is 5.91 Å². The van der Waals surface area contributed by atoms with Crippen LogP contribution in [0.5, 0.6) is 5.75 Å². The van der Waals surface area contributed by atoms with Gasteiger partial charge in [-0.15, -0.1) is 0 Å². The topological polar surface area (TPSA) is 68.5 Å². The van der Waals surface area contributed by atoms with Crippen LogP contribution in [0.1, 0.15) is 37.2 Å². The zero-order valence-corrected chi connectivity index (χ0v) is 14.7. The maximum absolute atomic E-state index is 12.0. The first-order valence-electron chi connectivity index (χ1n) is 8.07. The molecular formula is C18H24N4O2. The second-order valence-electron chi connectivity index (χ2n) is 5.69. The molecule has 0 saturated heterocycles. The maximum atomic E-state index is 12.0. The van der Waals surface area contributed by atoms with E-state index in [0.717, 1.165) is 34.8 Å². The van der Waals surface area contributed by atoms with Crippen LogP contribution in [0.25, 0.3) is 0 Å². The van der Waals surface area contributed by atoms with Gasteiger partial charge in [0.15, 0.2) is 0 Å². The number of nitrogens with one attached hydrogen (secondary N) is 1. The molecule has 0 atom stereocenters. The molecular weight excluding hydrogens is 304 g/mol. The Hall–Kier alpha value is -2.63. The summed E-state index contributed by atoms with van der Waals surface area (Å²) < 4.78 is 7.21. The van der Waals surface area contributed by atoms with E-state index in [1.54, 1.807) is 4.68 Å². The van der Waals surface area contributed by atoms with E-state index in [0.29, 0.717) is 6.61 Å². The number of aromatic nitrogens is 2. The number of carbonyl (C=O) groups is 1. The van der Waals surface area contributed by atoms with Crippen molar-refractivity contribution < 1.29 is 9.53 Å². The van der Waals surface area contributed by atoms with Crippen molar-refractivity contribution in [3.63, 3.8) is 0 Å². The summed E-state index contributed by atoms with van der Waals surface area (Å²) in [4.78, 5) is 12.0. The number of hydrogen-bond donors (Lipinski definition) is 1. The van der Waals surface area contributed by atoms with Crippen molar-refractivity contribution in [3.8, 4) is 5.75 Å². The maximum Gasteiger partial charge on any atom is 0.261 e. The second-order valence-corrected chi connectivity index (χ2v) is 5.69. The van der Waals surface area contributed by atoms with E-state index in [4.69, 9.17) is 4.74 Å². The summed E-state index contributed by atoms with van der Waals surface area (Å²) in [5.41, 5.74) is 6.09. The van der Waals surface area contributed by atoms with Crippen molar-refractivity contribution >= 4 is 11.6 Å². The number of carbonyl (C=O) groups excluding carboxylic acids is 1. The van der Waals surface area contributed by atoms with Crippen molar-refractivity contribution in [1.82, 2.24) is 15.2 Å². The van der Waals surface area contributed by atoms with E-state index < -0.39 is 0 Å². The Bertz CT molecular complexity index is 717. The van der Waals surface area contributed by atoms with Gasteiger partial charge in [0.2, 0.25) is 0 Å². The van der Waals surface area contributed by atoms with Crippen molar-refractivity contribution in [3.05, 3.63) is 47.3 Å². The number of benzene rings is 1. The molecule has 24 heavy (non-hydrogen) atoms. The van der Waals surface area contributed by atoms with E-state index in [9.17, 15) is 4.79 Å². The number of hydrazone groups is 1. The van der Waals surface area contributed by atoms with Crippen molar-refractivity contribution in [2.24, 2.45) is 5.10 Å². The molecule has 0 saturated carbocycles. The van der Waals surface area contributed by atoms with E-state index in [2.05, 4.69) is 22.5 Å². The summed E-state index contributed by atoms with van der Waals surface area (Å²) in [6.45, 7) is 8.60. The number of ether oxygens (including phenoxy) is 1. The van der Waals surface area contributed by atoms with E-state index in [-0.39, 0.29) is 12.5 Å². The molecule has 1 amide bonds. The van der Waals surface area contributed by atoms with Crippen LogP contribution in [0, 0.1) is 13.8 Å². The lowest BCUT2D eigenvalue weighted by Gasteiger charge is -2.07.